The van der Waals surface area contributed by atoms with Gasteiger partial charge in [-0.05, 0) is 81.0 Å². The summed E-state index contributed by atoms with van der Waals surface area (Å²) in [7, 11) is 0. The van der Waals surface area contributed by atoms with Crippen LogP contribution in [0.1, 0.15) is 104 Å². The van der Waals surface area contributed by atoms with E-state index in [9.17, 15) is 0 Å². The van der Waals surface area contributed by atoms with Crippen molar-refractivity contribution in [3.05, 3.63) is 0 Å². The molecule has 0 N–H and O–H groups in total. The normalized spacial score (nSPS) is 39.2. The largest absolute Gasteiger partial charge is 0.378 e. The van der Waals surface area contributed by atoms with Crippen molar-refractivity contribution in [2.45, 2.75) is 110 Å². The van der Waals surface area contributed by atoms with Crippen LogP contribution in [-0.4, -0.2) is 12.7 Å². The van der Waals surface area contributed by atoms with Gasteiger partial charge in [0.05, 0.1) is 6.10 Å². The summed E-state index contributed by atoms with van der Waals surface area (Å²) in [6, 6.07) is 0. The standard InChI is InChI=1S/C23H42O/c1-3-5-6-7-8-18-9-13-22-19(16-18)10-11-20-17-21(24-15-4-2)12-14-23(20)22/h18-23H,3-17H2,1-2H3. The number of fused-ring (bicyclic) bond motifs is 3. The molecule has 24 heavy (non-hydrogen) atoms. The highest BCUT2D eigenvalue weighted by atomic mass is 16.5. The molecule has 3 rings (SSSR count). The Labute approximate surface area is 151 Å². The van der Waals surface area contributed by atoms with E-state index in [0.29, 0.717) is 6.10 Å². The molecular formula is C23H42O. The minimum absolute atomic E-state index is 0.595. The molecule has 3 saturated carbocycles. The SMILES string of the molecule is CCCCCCC1CCC2C(CCC3CC(OCCC)CCC32)C1. The number of ether oxygens (including phenoxy) is 1. The molecule has 6 unspecified atom stereocenters. The first-order valence-electron chi connectivity index (χ1n) is 11.4. The Kier molecular flexibility index (Phi) is 7.50. The van der Waals surface area contributed by atoms with Crippen LogP contribution in [0.25, 0.3) is 0 Å². The van der Waals surface area contributed by atoms with Gasteiger partial charge in [0.1, 0.15) is 0 Å². The van der Waals surface area contributed by atoms with Crippen LogP contribution in [0.15, 0.2) is 0 Å². The second-order valence-electron chi connectivity index (χ2n) is 9.26. The number of rotatable bonds is 8. The fourth-order valence-electron chi connectivity index (χ4n) is 6.41. The van der Waals surface area contributed by atoms with Gasteiger partial charge in [0.25, 0.3) is 0 Å². The van der Waals surface area contributed by atoms with Crippen LogP contribution in [0.4, 0.5) is 0 Å². The molecule has 0 bridgehead atoms. The summed E-state index contributed by atoms with van der Waals surface area (Å²) in [5, 5.41) is 0. The molecular weight excluding hydrogens is 292 g/mol. The van der Waals surface area contributed by atoms with Crippen molar-refractivity contribution in [3.8, 4) is 0 Å². The summed E-state index contributed by atoms with van der Waals surface area (Å²) < 4.78 is 6.10. The molecule has 0 aromatic heterocycles. The van der Waals surface area contributed by atoms with Crippen LogP contribution in [0.3, 0.4) is 0 Å². The molecule has 140 valence electrons. The fourth-order valence-corrected chi connectivity index (χ4v) is 6.41. The maximum atomic E-state index is 6.10. The highest BCUT2D eigenvalue weighted by Crippen LogP contribution is 2.53. The van der Waals surface area contributed by atoms with E-state index in [0.717, 1.165) is 36.2 Å². The maximum Gasteiger partial charge on any atom is 0.0578 e. The van der Waals surface area contributed by atoms with Gasteiger partial charge in [-0.15, -0.1) is 0 Å². The lowest BCUT2D eigenvalue weighted by Gasteiger charge is -2.50. The molecule has 0 saturated heterocycles. The molecule has 0 aromatic rings. The number of hydrogen-bond acceptors (Lipinski definition) is 1. The second kappa shape index (κ2) is 9.60. The molecule has 1 heteroatoms. The van der Waals surface area contributed by atoms with Crippen LogP contribution in [-0.2, 0) is 4.74 Å². The summed E-state index contributed by atoms with van der Waals surface area (Å²) in [5.41, 5.74) is 0. The second-order valence-corrected chi connectivity index (χ2v) is 9.26. The van der Waals surface area contributed by atoms with Crippen molar-refractivity contribution in [1.29, 1.82) is 0 Å². The third-order valence-electron chi connectivity index (χ3n) is 7.62. The highest BCUT2D eigenvalue weighted by molar-refractivity contribution is 4.94. The van der Waals surface area contributed by atoms with Crippen LogP contribution in [0.5, 0.6) is 0 Å². The van der Waals surface area contributed by atoms with E-state index >= 15 is 0 Å². The summed E-state index contributed by atoms with van der Waals surface area (Å²) in [5.74, 6) is 5.31. The Bertz CT molecular complexity index is 352. The monoisotopic (exact) mass is 334 g/mol. The lowest BCUT2D eigenvalue weighted by molar-refractivity contribution is -0.0531. The van der Waals surface area contributed by atoms with E-state index in [-0.39, 0.29) is 0 Å². The van der Waals surface area contributed by atoms with Gasteiger partial charge in [0, 0.05) is 6.61 Å². The Morgan fingerprint density at radius 1 is 0.708 bits per heavy atom. The maximum absolute atomic E-state index is 6.10. The number of hydrogen-bond donors (Lipinski definition) is 0. The first kappa shape index (κ1) is 18.7. The first-order chi connectivity index (χ1) is 11.8. The van der Waals surface area contributed by atoms with E-state index < -0.39 is 0 Å². The third kappa shape index (κ3) is 4.77. The smallest absolute Gasteiger partial charge is 0.0578 e. The topological polar surface area (TPSA) is 9.23 Å². The summed E-state index contributed by atoms with van der Waals surface area (Å²) in [6.07, 6.45) is 21.1. The van der Waals surface area contributed by atoms with E-state index in [1.165, 1.54) is 70.6 Å². The lowest BCUT2D eigenvalue weighted by atomic mass is 9.56. The highest BCUT2D eigenvalue weighted by Gasteiger charge is 2.44. The van der Waals surface area contributed by atoms with E-state index in [1.54, 1.807) is 19.3 Å². The van der Waals surface area contributed by atoms with Crippen molar-refractivity contribution in [3.63, 3.8) is 0 Å². The van der Waals surface area contributed by atoms with Gasteiger partial charge in [0.15, 0.2) is 0 Å². The molecule has 0 aromatic carbocycles. The zero-order valence-electron chi connectivity index (χ0n) is 16.5. The Morgan fingerprint density at radius 2 is 1.46 bits per heavy atom. The van der Waals surface area contributed by atoms with Gasteiger partial charge in [-0.25, -0.2) is 0 Å². The van der Waals surface area contributed by atoms with Crippen LogP contribution in [0, 0.1) is 29.6 Å². The molecule has 6 atom stereocenters. The fraction of sp³-hybridized carbons (Fsp3) is 1.00. The molecule has 3 aliphatic rings. The van der Waals surface area contributed by atoms with Crippen LogP contribution in [0.2, 0.25) is 0 Å². The van der Waals surface area contributed by atoms with Crippen molar-refractivity contribution >= 4 is 0 Å². The Balaban J connectivity index is 1.44. The average Bonchev–Trinajstić information content (AvgIpc) is 2.63. The third-order valence-corrected chi connectivity index (χ3v) is 7.62. The molecule has 0 amide bonds. The predicted octanol–water partition coefficient (Wildman–Crippen LogP) is 6.99. The minimum Gasteiger partial charge on any atom is -0.378 e. The summed E-state index contributed by atoms with van der Waals surface area (Å²) in [4.78, 5) is 0. The summed E-state index contributed by atoms with van der Waals surface area (Å²) >= 11 is 0. The molecule has 0 heterocycles. The van der Waals surface area contributed by atoms with E-state index in [4.69, 9.17) is 4.74 Å². The van der Waals surface area contributed by atoms with Crippen molar-refractivity contribution in [2.24, 2.45) is 29.6 Å². The zero-order chi connectivity index (χ0) is 16.8. The molecule has 0 radical (unpaired) electrons. The molecule has 3 aliphatic carbocycles. The first-order valence-corrected chi connectivity index (χ1v) is 11.4. The number of unbranched alkanes of at least 4 members (excludes halogenated alkanes) is 3. The van der Waals surface area contributed by atoms with Crippen molar-refractivity contribution in [1.82, 2.24) is 0 Å². The lowest BCUT2D eigenvalue weighted by Crippen LogP contribution is -2.42. The van der Waals surface area contributed by atoms with Gasteiger partial charge in [-0.1, -0.05) is 52.4 Å². The minimum atomic E-state index is 0.595. The van der Waals surface area contributed by atoms with Crippen molar-refractivity contribution in [2.75, 3.05) is 6.61 Å². The Hall–Kier alpha value is -0.0400. The molecule has 3 fully saturated rings. The predicted molar refractivity (Wildman–Crippen MR) is 103 cm³/mol. The quantitative estimate of drug-likeness (QED) is 0.434. The van der Waals surface area contributed by atoms with Crippen molar-refractivity contribution < 1.29 is 4.74 Å². The van der Waals surface area contributed by atoms with Crippen LogP contribution >= 0.6 is 0 Å². The van der Waals surface area contributed by atoms with Gasteiger partial charge >= 0.3 is 0 Å². The Morgan fingerprint density at radius 3 is 2.21 bits per heavy atom. The van der Waals surface area contributed by atoms with E-state index in [1.807, 2.05) is 0 Å². The van der Waals surface area contributed by atoms with Gasteiger partial charge < -0.3 is 4.74 Å². The zero-order valence-corrected chi connectivity index (χ0v) is 16.5. The van der Waals surface area contributed by atoms with Gasteiger partial charge in [-0.2, -0.15) is 0 Å². The molecule has 0 aliphatic heterocycles. The molecule has 0 spiro atoms. The molecule has 1 nitrogen and oxygen atoms in total. The van der Waals surface area contributed by atoms with E-state index in [2.05, 4.69) is 13.8 Å². The average molecular weight is 335 g/mol. The van der Waals surface area contributed by atoms with Gasteiger partial charge in [-0.3, -0.25) is 0 Å². The summed E-state index contributed by atoms with van der Waals surface area (Å²) in [6.45, 7) is 5.54. The van der Waals surface area contributed by atoms with Crippen LogP contribution < -0.4 is 0 Å². The van der Waals surface area contributed by atoms with Gasteiger partial charge in [0.2, 0.25) is 0 Å².